The third kappa shape index (κ3) is 12.5. The fourth-order valence-electron chi connectivity index (χ4n) is 8.63. The minimum absolute atomic E-state index is 0. The van der Waals surface area contributed by atoms with Gasteiger partial charge in [0.2, 0.25) is 17.8 Å². The van der Waals surface area contributed by atoms with Gasteiger partial charge in [-0.15, -0.1) is 5.10 Å². The van der Waals surface area contributed by atoms with Gasteiger partial charge in [-0.1, -0.05) is 34.1 Å². The molecule has 1 saturated carbocycles. The summed E-state index contributed by atoms with van der Waals surface area (Å²) in [4.78, 5) is 54.9. The number of carbonyl (C=O) groups is 2. The number of methoxy groups -OCH3 is 2. The minimum atomic E-state index is -0.914. The lowest BCUT2D eigenvalue weighted by atomic mass is 10.0. The van der Waals surface area contributed by atoms with Crippen molar-refractivity contribution in [1.82, 2.24) is 44.6 Å². The van der Waals surface area contributed by atoms with Gasteiger partial charge in [0.25, 0.3) is 11.8 Å². The van der Waals surface area contributed by atoms with Gasteiger partial charge in [0.05, 0.1) is 82.7 Å². The molecule has 0 bridgehead atoms. The Morgan fingerprint density at radius 3 is 2.37 bits per heavy atom. The van der Waals surface area contributed by atoms with Crippen molar-refractivity contribution in [2.45, 2.75) is 124 Å². The summed E-state index contributed by atoms with van der Waals surface area (Å²) in [6.45, 7) is 14.8. The number of ether oxygens (including phenoxy) is 4. The number of hydrogen-bond donors (Lipinski definition) is 3. The molecule has 0 spiro atoms. The highest BCUT2D eigenvalue weighted by atomic mass is 19.1. The van der Waals surface area contributed by atoms with Gasteiger partial charge < -0.3 is 54.2 Å². The molecule has 20 nitrogen and oxygen atoms in total. The Morgan fingerprint density at radius 2 is 1.66 bits per heavy atom. The van der Waals surface area contributed by atoms with Crippen LogP contribution in [0.2, 0.25) is 0 Å². The van der Waals surface area contributed by atoms with E-state index < -0.39 is 17.4 Å². The van der Waals surface area contributed by atoms with E-state index in [-0.39, 0.29) is 38.4 Å². The Morgan fingerprint density at radius 1 is 0.914 bits per heavy atom. The lowest BCUT2D eigenvalue weighted by molar-refractivity contribution is -0.117. The van der Waals surface area contributed by atoms with Gasteiger partial charge in [0.1, 0.15) is 23.3 Å². The molecule has 2 fully saturated rings. The molecule has 1 aromatic carbocycles. The first kappa shape index (κ1) is 53.0. The number of halogens is 1. The second-order valence-corrected chi connectivity index (χ2v) is 18.6. The van der Waals surface area contributed by atoms with Crippen molar-refractivity contribution in [2.75, 3.05) is 86.0 Å². The number of likely N-dealkylation sites (N-methyl/N-ethyl adjacent to an activating group) is 1. The van der Waals surface area contributed by atoms with Gasteiger partial charge >= 0.3 is 0 Å². The fourth-order valence-corrected chi connectivity index (χ4v) is 8.63. The van der Waals surface area contributed by atoms with Crippen LogP contribution in [0, 0.1) is 0 Å². The number of nitrogens with zero attached hydrogens (tertiary/aromatic N) is 11. The lowest BCUT2D eigenvalue weighted by Crippen LogP contribution is -2.48. The Balaban J connectivity index is 0.00000264. The molecule has 3 aliphatic rings. The third-order valence-corrected chi connectivity index (χ3v) is 12.7. The number of rotatable bonds is 20. The molecule has 1 saturated heterocycles. The first-order valence-electron chi connectivity index (χ1n) is 24.0. The summed E-state index contributed by atoms with van der Waals surface area (Å²) in [5, 5.41) is 14.2. The number of carbonyl (C=O) groups excluding carboxylic acids is 2. The summed E-state index contributed by atoms with van der Waals surface area (Å²) in [7, 11) is 6.71. The molecule has 21 heteroatoms. The predicted octanol–water partition coefficient (Wildman–Crippen LogP) is 7.59. The summed E-state index contributed by atoms with van der Waals surface area (Å²) >= 11 is 0. The molecule has 2 aliphatic heterocycles. The van der Waals surface area contributed by atoms with Gasteiger partial charge in [-0.2, -0.15) is 15.0 Å². The molecule has 6 heterocycles. The number of aryl methyl sites for hydroxylation is 1. The number of amides is 2. The van der Waals surface area contributed by atoms with Crippen LogP contribution < -0.4 is 40.1 Å². The molecule has 1 unspecified atom stereocenters. The summed E-state index contributed by atoms with van der Waals surface area (Å²) in [5.74, 6) is 2.65. The number of aromatic nitrogens is 8. The van der Waals surface area contributed by atoms with Gasteiger partial charge in [-0.05, 0) is 78.0 Å². The highest BCUT2D eigenvalue weighted by Gasteiger charge is 2.35. The van der Waals surface area contributed by atoms with Crippen molar-refractivity contribution in [3.8, 4) is 11.6 Å². The van der Waals surface area contributed by atoms with Crippen molar-refractivity contribution in [3.63, 3.8) is 0 Å². The lowest BCUT2D eigenvalue weighted by Gasteiger charge is -2.37. The second-order valence-electron chi connectivity index (χ2n) is 18.6. The van der Waals surface area contributed by atoms with E-state index in [0.29, 0.717) is 115 Å². The maximum Gasteiger partial charge on any atom is 0.256 e. The highest BCUT2D eigenvalue weighted by Crippen LogP contribution is 2.38. The zero-order valence-corrected chi connectivity index (χ0v) is 41.8. The summed E-state index contributed by atoms with van der Waals surface area (Å²) in [5.41, 5.74) is 2.54. The Kier molecular flexibility index (Phi) is 17.5. The van der Waals surface area contributed by atoms with E-state index in [9.17, 15) is 14.0 Å². The van der Waals surface area contributed by atoms with Crippen molar-refractivity contribution in [2.24, 2.45) is 7.05 Å². The maximum atomic E-state index is 14.1. The SMILES string of the molecule is C.CC.COc1cc(C(=O)NCCC(C)(C)OCCC(C)(C)OCCn2cc(Nc3nc(N4CCC(F)C4)nc4c3ncn4C)c(OC)n2)ccc1Nc1ncc2c(n1)N(C1CCCC1)CC(=O)N2C. The van der Waals surface area contributed by atoms with Crippen LogP contribution in [0.1, 0.15) is 104 Å². The van der Waals surface area contributed by atoms with Crippen LogP contribution in [-0.4, -0.2) is 135 Å². The number of benzene rings is 1. The number of nitrogens with one attached hydrogen (secondary N) is 3. The number of imidazole rings is 1. The molecule has 4 aromatic heterocycles. The van der Waals surface area contributed by atoms with Crippen LogP contribution in [0.5, 0.6) is 11.6 Å². The monoisotopic (exact) mass is 973 g/mol. The van der Waals surface area contributed by atoms with Crippen LogP contribution in [0.3, 0.4) is 0 Å². The van der Waals surface area contributed by atoms with Crippen molar-refractivity contribution < 1.29 is 32.9 Å². The molecule has 70 heavy (non-hydrogen) atoms. The molecule has 1 atom stereocenters. The van der Waals surface area contributed by atoms with E-state index in [2.05, 4.69) is 40.9 Å². The summed E-state index contributed by atoms with van der Waals surface area (Å²) in [6.07, 6.45) is 10.3. The average Bonchev–Trinajstić information content (AvgIpc) is 4.17. The molecule has 0 radical (unpaired) electrons. The van der Waals surface area contributed by atoms with E-state index >= 15 is 0 Å². The zero-order chi connectivity index (χ0) is 49.5. The van der Waals surface area contributed by atoms with Gasteiger partial charge in [0, 0.05) is 38.8 Å². The standard InChI is InChI=1S/C46H63FN14O6.C2H6.CH4/c1-45(2,16-18-48-41(63)29-13-14-32(35(23-29)64-7)52-43-49-24-34-39(54-43)61(27-36(62)58(34)6)31-11-9-10-12-31)66-21-17-46(3,4)67-22-20-60-26-33(42(56-60)65-8)51-38-37-40(57(5)28-50-37)55-44(53-38)59-19-15-30(47)25-59;1-2;/h13-14,23-24,26,28,30-31H,9-12,15-22,25,27H2,1-8H3,(H,48,63)(H,49,52,54)(H,51,53,55);1-2H3;1H4. The average molecular weight is 973 g/mol. The van der Waals surface area contributed by atoms with Gasteiger partial charge in [-0.25, -0.2) is 14.4 Å². The molecular formula is C49H73FN14O6. The highest BCUT2D eigenvalue weighted by molar-refractivity contribution is 6.02. The smallest absolute Gasteiger partial charge is 0.256 e. The van der Waals surface area contributed by atoms with Crippen LogP contribution >= 0.6 is 0 Å². The number of alkyl halides is 1. The Labute approximate surface area is 411 Å². The third-order valence-electron chi connectivity index (χ3n) is 12.7. The largest absolute Gasteiger partial charge is 0.495 e. The number of anilines is 7. The van der Waals surface area contributed by atoms with E-state index in [1.807, 2.05) is 64.3 Å². The molecule has 3 N–H and O–H groups in total. The first-order chi connectivity index (χ1) is 33.1. The molecule has 2 amide bonds. The molecule has 5 aromatic rings. The Bertz CT molecular complexity index is 2560. The van der Waals surface area contributed by atoms with Gasteiger partial charge in [-0.3, -0.25) is 14.3 Å². The van der Waals surface area contributed by atoms with Crippen LogP contribution in [0.25, 0.3) is 11.2 Å². The molecule has 1 aliphatic carbocycles. The first-order valence-corrected chi connectivity index (χ1v) is 24.0. The molecular weight excluding hydrogens is 900 g/mol. The van der Waals surface area contributed by atoms with E-state index in [4.69, 9.17) is 28.9 Å². The molecule has 8 rings (SSSR count). The quantitative estimate of drug-likeness (QED) is 0.0687. The normalized spacial score (nSPS) is 16.2. The van der Waals surface area contributed by atoms with Gasteiger partial charge in [0.15, 0.2) is 22.8 Å². The van der Waals surface area contributed by atoms with Crippen LogP contribution in [0.4, 0.5) is 45.0 Å². The van der Waals surface area contributed by atoms with E-state index in [1.54, 1.807) is 61.6 Å². The van der Waals surface area contributed by atoms with Crippen molar-refractivity contribution >= 4 is 63.6 Å². The zero-order valence-electron chi connectivity index (χ0n) is 41.8. The van der Waals surface area contributed by atoms with Crippen LogP contribution in [0.15, 0.2) is 36.9 Å². The second kappa shape index (κ2) is 23.0. The summed E-state index contributed by atoms with van der Waals surface area (Å²) in [6, 6.07) is 5.46. The number of fused-ring (bicyclic) bond motifs is 2. The molecule has 382 valence electrons. The topological polar surface area (TPSA) is 204 Å². The maximum absolute atomic E-state index is 14.1. The Hall–Kier alpha value is -6.35. The van der Waals surface area contributed by atoms with Crippen molar-refractivity contribution in [1.29, 1.82) is 0 Å². The van der Waals surface area contributed by atoms with E-state index in [1.165, 1.54) is 0 Å². The predicted molar refractivity (Wildman–Crippen MR) is 271 cm³/mol. The minimum Gasteiger partial charge on any atom is -0.495 e. The summed E-state index contributed by atoms with van der Waals surface area (Å²) < 4.78 is 41.5. The number of hydrogen-bond acceptors (Lipinski definition) is 16. The van der Waals surface area contributed by atoms with Crippen molar-refractivity contribution in [3.05, 3.63) is 42.5 Å². The van der Waals surface area contributed by atoms with Crippen LogP contribution in [-0.2, 0) is 27.9 Å². The van der Waals surface area contributed by atoms with E-state index in [0.717, 1.165) is 31.5 Å². The fraction of sp³-hybridized carbons (Fsp3) is 0.592.